The van der Waals surface area contributed by atoms with Gasteiger partial charge in [0.1, 0.15) is 0 Å². The Labute approximate surface area is 109 Å². The van der Waals surface area contributed by atoms with Gasteiger partial charge in [-0.3, -0.25) is 9.29 Å². The number of pyridine rings is 1. The molecule has 2 rings (SSSR count). The van der Waals surface area contributed by atoms with Crippen molar-refractivity contribution in [2.45, 2.75) is 5.09 Å². The largest absolute Gasteiger partial charge is 0.475 e. The average molecular weight is 282 g/mol. The predicted molar refractivity (Wildman–Crippen MR) is 65.5 cm³/mol. The van der Waals surface area contributed by atoms with Crippen LogP contribution in [0.3, 0.4) is 0 Å². The number of furan rings is 1. The predicted octanol–water partition coefficient (Wildman–Crippen LogP) is 1.20. The third kappa shape index (κ3) is 2.43. The molecule has 0 aliphatic heterocycles. The van der Waals surface area contributed by atoms with Crippen molar-refractivity contribution in [3.05, 3.63) is 42.4 Å². The highest BCUT2D eigenvalue weighted by atomic mass is 32.2. The van der Waals surface area contributed by atoms with Gasteiger partial charge in [0.05, 0.1) is 5.69 Å². The lowest BCUT2D eigenvalue weighted by molar-refractivity contribution is 0.0656. The fourth-order valence-electron chi connectivity index (χ4n) is 1.40. The molecule has 0 saturated heterocycles. The SMILES string of the molecule is CN(c1ccncc1)S(=O)(=O)c1ccc(C(=O)O)o1. The summed E-state index contributed by atoms with van der Waals surface area (Å²) >= 11 is 0. The molecular weight excluding hydrogens is 272 g/mol. The molecule has 0 aliphatic rings. The minimum atomic E-state index is -3.93. The number of anilines is 1. The smallest absolute Gasteiger partial charge is 0.371 e. The highest BCUT2D eigenvalue weighted by molar-refractivity contribution is 7.92. The average Bonchev–Trinajstić information content (AvgIpc) is 2.89. The van der Waals surface area contributed by atoms with E-state index in [2.05, 4.69) is 4.98 Å². The van der Waals surface area contributed by atoms with Gasteiger partial charge in [0, 0.05) is 19.4 Å². The summed E-state index contributed by atoms with van der Waals surface area (Å²) in [6.07, 6.45) is 2.90. The molecule has 7 nitrogen and oxygen atoms in total. The maximum Gasteiger partial charge on any atom is 0.371 e. The summed E-state index contributed by atoms with van der Waals surface area (Å²) in [5.41, 5.74) is 0.392. The summed E-state index contributed by atoms with van der Waals surface area (Å²) < 4.78 is 30.2. The first-order chi connectivity index (χ1) is 8.93. The van der Waals surface area contributed by atoms with Crippen molar-refractivity contribution in [3.63, 3.8) is 0 Å². The quantitative estimate of drug-likeness (QED) is 0.904. The minimum Gasteiger partial charge on any atom is -0.475 e. The van der Waals surface area contributed by atoms with Crippen molar-refractivity contribution in [3.8, 4) is 0 Å². The number of hydrogen-bond donors (Lipinski definition) is 1. The molecule has 2 heterocycles. The fourth-order valence-corrected chi connectivity index (χ4v) is 2.51. The summed E-state index contributed by atoms with van der Waals surface area (Å²) in [4.78, 5) is 14.5. The summed E-state index contributed by atoms with van der Waals surface area (Å²) in [7, 11) is -2.59. The van der Waals surface area contributed by atoms with E-state index in [9.17, 15) is 13.2 Å². The first kappa shape index (κ1) is 13.1. The zero-order valence-electron chi connectivity index (χ0n) is 9.85. The van der Waals surface area contributed by atoms with Gasteiger partial charge >= 0.3 is 5.97 Å². The van der Waals surface area contributed by atoms with E-state index in [0.717, 1.165) is 16.4 Å². The fraction of sp³-hybridized carbons (Fsp3) is 0.0909. The Hall–Kier alpha value is -2.35. The Morgan fingerprint density at radius 3 is 2.42 bits per heavy atom. The molecule has 1 N–H and O–H groups in total. The topological polar surface area (TPSA) is 101 Å². The van der Waals surface area contributed by atoms with E-state index >= 15 is 0 Å². The van der Waals surface area contributed by atoms with Crippen LogP contribution in [0.1, 0.15) is 10.6 Å². The molecule has 2 aromatic heterocycles. The van der Waals surface area contributed by atoms with Crippen molar-refractivity contribution in [1.82, 2.24) is 4.98 Å². The van der Waals surface area contributed by atoms with Crippen LogP contribution in [0.15, 0.2) is 46.2 Å². The summed E-state index contributed by atoms with van der Waals surface area (Å²) in [5.74, 6) is -1.75. The van der Waals surface area contributed by atoms with E-state index in [1.54, 1.807) is 0 Å². The van der Waals surface area contributed by atoms with Gasteiger partial charge in [-0.25, -0.2) is 4.79 Å². The Bertz CT molecular complexity index is 693. The maximum atomic E-state index is 12.2. The van der Waals surface area contributed by atoms with E-state index in [1.165, 1.54) is 31.6 Å². The van der Waals surface area contributed by atoms with Crippen LogP contribution in [0.4, 0.5) is 5.69 Å². The van der Waals surface area contributed by atoms with Crippen LogP contribution >= 0.6 is 0 Å². The Morgan fingerprint density at radius 2 is 1.89 bits per heavy atom. The number of sulfonamides is 1. The van der Waals surface area contributed by atoms with E-state index < -0.39 is 26.8 Å². The van der Waals surface area contributed by atoms with Crippen LogP contribution in [-0.4, -0.2) is 31.5 Å². The Morgan fingerprint density at radius 1 is 1.26 bits per heavy atom. The van der Waals surface area contributed by atoms with Gasteiger partial charge in [-0.2, -0.15) is 8.42 Å². The molecular formula is C11H10N2O5S. The molecule has 0 spiro atoms. The van der Waals surface area contributed by atoms with Crippen LogP contribution in [-0.2, 0) is 10.0 Å². The monoisotopic (exact) mass is 282 g/mol. The second-order valence-corrected chi connectivity index (χ2v) is 5.50. The molecule has 0 aliphatic carbocycles. The van der Waals surface area contributed by atoms with E-state index in [4.69, 9.17) is 9.52 Å². The van der Waals surface area contributed by atoms with Crippen LogP contribution < -0.4 is 4.31 Å². The van der Waals surface area contributed by atoms with Crippen LogP contribution in [0.2, 0.25) is 0 Å². The van der Waals surface area contributed by atoms with Crippen LogP contribution in [0.25, 0.3) is 0 Å². The lowest BCUT2D eigenvalue weighted by atomic mass is 10.4. The number of carboxylic acids is 1. The van der Waals surface area contributed by atoms with Crippen molar-refractivity contribution >= 4 is 21.7 Å². The highest BCUT2D eigenvalue weighted by Gasteiger charge is 2.26. The van der Waals surface area contributed by atoms with Crippen molar-refractivity contribution < 1.29 is 22.7 Å². The molecule has 0 bridgehead atoms. The van der Waals surface area contributed by atoms with Gasteiger partial charge in [-0.1, -0.05) is 0 Å². The number of aromatic carboxylic acids is 1. The molecule has 0 saturated carbocycles. The van der Waals surface area contributed by atoms with Crippen molar-refractivity contribution in [2.75, 3.05) is 11.4 Å². The summed E-state index contributed by atoms with van der Waals surface area (Å²) in [6.45, 7) is 0. The molecule has 2 aromatic rings. The number of aromatic nitrogens is 1. The van der Waals surface area contributed by atoms with Crippen LogP contribution in [0.5, 0.6) is 0 Å². The van der Waals surface area contributed by atoms with E-state index in [0.29, 0.717) is 5.69 Å². The first-order valence-electron chi connectivity index (χ1n) is 5.15. The van der Waals surface area contributed by atoms with Crippen molar-refractivity contribution in [2.24, 2.45) is 0 Å². The van der Waals surface area contributed by atoms with E-state index in [-0.39, 0.29) is 0 Å². The summed E-state index contributed by atoms with van der Waals surface area (Å²) in [5, 5.41) is 8.28. The molecule has 0 unspecified atom stereocenters. The molecule has 0 aromatic carbocycles. The maximum absolute atomic E-state index is 12.2. The number of hydrogen-bond acceptors (Lipinski definition) is 5. The number of carboxylic acid groups (broad SMARTS) is 1. The van der Waals surface area contributed by atoms with Gasteiger partial charge in [-0.15, -0.1) is 0 Å². The van der Waals surface area contributed by atoms with Gasteiger partial charge in [0.2, 0.25) is 10.9 Å². The standard InChI is InChI=1S/C11H10N2O5S/c1-13(8-4-6-12-7-5-8)19(16,17)10-3-2-9(18-10)11(14)15/h2-7H,1H3,(H,14,15). The third-order valence-corrected chi connectivity index (χ3v) is 4.09. The highest BCUT2D eigenvalue weighted by Crippen LogP contribution is 2.22. The first-order valence-corrected chi connectivity index (χ1v) is 6.59. The second kappa shape index (κ2) is 4.73. The second-order valence-electron chi connectivity index (χ2n) is 3.60. The van der Waals surface area contributed by atoms with Gasteiger partial charge < -0.3 is 9.52 Å². The van der Waals surface area contributed by atoms with E-state index in [1.807, 2.05) is 0 Å². The molecule has 8 heteroatoms. The number of rotatable bonds is 4. The molecule has 19 heavy (non-hydrogen) atoms. The molecule has 0 amide bonds. The molecule has 0 atom stereocenters. The number of nitrogens with zero attached hydrogens (tertiary/aromatic N) is 2. The molecule has 100 valence electrons. The zero-order valence-corrected chi connectivity index (χ0v) is 10.7. The van der Waals surface area contributed by atoms with Gasteiger partial charge in [0.25, 0.3) is 10.0 Å². The molecule has 0 fully saturated rings. The van der Waals surface area contributed by atoms with Crippen LogP contribution in [0, 0.1) is 0 Å². The lowest BCUT2D eigenvalue weighted by Crippen LogP contribution is -2.26. The number of carbonyl (C=O) groups is 1. The Balaban J connectivity index is 2.39. The van der Waals surface area contributed by atoms with Gasteiger partial charge in [-0.05, 0) is 24.3 Å². The zero-order chi connectivity index (χ0) is 14.0. The summed E-state index contributed by atoms with van der Waals surface area (Å²) in [6, 6.07) is 5.23. The third-order valence-electron chi connectivity index (χ3n) is 2.43. The normalized spacial score (nSPS) is 11.2. The van der Waals surface area contributed by atoms with Crippen molar-refractivity contribution in [1.29, 1.82) is 0 Å². The van der Waals surface area contributed by atoms with Gasteiger partial charge in [0.15, 0.2) is 0 Å². The minimum absolute atomic E-state index is 0.392. The Kier molecular flexibility index (Phi) is 3.26. The lowest BCUT2D eigenvalue weighted by Gasteiger charge is -2.17. The molecule has 0 radical (unpaired) electrons.